The Labute approximate surface area is 220 Å². The molecule has 1 atom stereocenters. The molecule has 1 aliphatic heterocycles. The van der Waals surface area contributed by atoms with Crippen LogP contribution in [0.25, 0.3) is 0 Å². The molecule has 1 unspecified atom stereocenters. The van der Waals surface area contributed by atoms with Crippen LogP contribution in [0.4, 0.5) is 4.39 Å². The number of sulfonamides is 1. The van der Waals surface area contributed by atoms with Crippen LogP contribution in [0.3, 0.4) is 0 Å². The minimum atomic E-state index is -3.88. The zero-order valence-corrected chi connectivity index (χ0v) is 22.1. The molecule has 0 radical (unpaired) electrons. The molecule has 2 aliphatic rings. The van der Waals surface area contributed by atoms with Crippen molar-refractivity contribution < 1.29 is 27.1 Å². The third-order valence-electron chi connectivity index (χ3n) is 6.79. The predicted molar refractivity (Wildman–Crippen MR) is 139 cm³/mol. The molecule has 0 spiro atoms. The van der Waals surface area contributed by atoms with Gasteiger partial charge in [0.25, 0.3) is 0 Å². The van der Waals surface area contributed by atoms with E-state index in [0.717, 1.165) is 18.4 Å². The van der Waals surface area contributed by atoms with Crippen LogP contribution in [0.5, 0.6) is 11.5 Å². The number of carbonyl (C=O) groups excluding carboxylic acids is 1. The number of carbonyl (C=O) groups is 1. The Hall–Kier alpha value is -2.95. The fourth-order valence-corrected chi connectivity index (χ4v) is 6.97. The topological polar surface area (TPSA) is 76.2 Å². The van der Waals surface area contributed by atoms with Gasteiger partial charge < -0.3 is 14.4 Å². The zero-order chi connectivity index (χ0) is 26.0. The molecule has 2 heterocycles. The summed E-state index contributed by atoms with van der Waals surface area (Å²) < 4.78 is 53.1. The summed E-state index contributed by atoms with van der Waals surface area (Å²) in [6, 6.07) is 13.7. The number of fused-ring (bicyclic) bond motifs is 1. The Bertz CT molecular complexity index is 1360. The van der Waals surface area contributed by atoms with Gasteiger partial charge in [-0.05, 0) is 78.6 Å². The first-order valence-electron chi connectivity index (χ1n) is 12.2. The summed E-state index contributed by atoms with van der Waals surface area (Å²) in [6.07, 6.45) is 2.60. The van der Waals surface area contributed by atoms with Gasteiger partial charge in [-0.3, -0.25) is 4.79 Å². The van der Waals surface area contributed by atoms with E-state index in [1.165, 1.54) is 40.6 Å². The van der Waals surface area contributed by atoms with E-state index in [-0.39, 0.29) is 29.9 Å². The standard InChI is InChI=1S/C27H29FN2O5S2/c1-34-21-7-9-23(10-8-21)37(32,33)29(16-19-5-6-19)17-27(31)30-13-11-26-24(12-14-36-26)25(30)18-35-22-4-2-3-20(28)15-22/h2-4,7-10,12,14-15,19,25H,5-6,11,13,16-18H2,1H3. The van der Waals surface area contributed by atoms with Crippen molar-refractivity contribution in [2.45, 2.75) is 30.2 Å². The normalized spacial score (nSPS) is 17.5. The van der Waals surface area contributed by atoms with Gasteiger partial charge in [0, 0.05) is 24.0 Å². The van der Waals surface area contributed by atoms with Crippen LogP contribution in [0.1, 0.15) is 29.3 Å². The highest BCUT2D eigenvalue weighted by atomic mass is 32.2. The van der Waals surface area contributed by atoms with Gasteiger partial charge in [-0.2, -0.15) is 4.31 Å². The molecule has 0 saturated heterocycles. The molecule has 37 heavy (non-hydrogen) atoms. The van der Waals surface area contributed by atoms with E-state index in [4.69, 9.17) is 9.47 Å². The van der Waals surface area contributed by atoms with E-state index in [9.17, 15) is 17.6 Å². The minimum absolute atomic E-state index is 0.131. The van der Waals surface area contributed by atoms with Crippen LogP contribution in [0, 0.1) is 11.7 Å². The van der Waals surface area contributed by atoms with Gasteiger partial charge in [0.2, 0.25) is 15.9 Å². The average molecular weight is 545 g/mol. The number of amides is 1. The lowest BCUT2D eigenvalue weighted by Gasteiger charge is -2.37. The van der Waals surface area contributed by atoms with Crippen molar-refractivity contribution in [2.75, 3.05) is 33.4 Å². The molecule has 2 aromatic carbocycles. The summed E-state index contributed by atoms with van der Waals surface area (Å²) >= 11 is 1.63. The molecule has 196 valence electrons. The number of hydrogen-bond acceptors (Lipinski definition) is 6. The van der Waals surface area contributed by atoms with E-state index < -0.39 is 21.9 Å². The van der Waals surface area contributed by atoms with Crippen molar-refractivity contribution in [3.63, 3.8) is 0 Å². The lowest BCUT2D eigenvalue weighted by Crippen LogP contribution is -2.48. The van der Waals surface area contributed by atoms with Gasteiger partial charge in [0.05, 0.1) is 24.6 Å². The van der Waals surface area contributed by atoms with Crippen molar-refractivity contribution in [1.82, 2.24) is 9.21 Å². The van der Waals surface area contributed by atoms with Gasteiger partial charge in [-0.25, -0.2) is 12.8 Å². The summed E-state index contributed by atoms with van der Waals surface area (Å²) in [5.41, 5.74) is 0.993. The second-order valence-corrected chi connectivity index (χ2v) is 12.3. The lowest BCUT2D eigenvalue weighted by atomic mass is 10.0. The number of halogens is 1. The van der Waals surface area contributed by atoms with E-state index in [1.807, 2.05) is 11.4 Å². The van der Waals surface area contributed by atoms with Gasteiger partial charge in [0.15, 0.2) is 0 Å². The Balaban J connectivity index is 1.37. The lowest BCUT2D eigenvalue weighted by molar-refractivity contribution is -0.135. The second kappa shape index (κ2) is 10.8. The summed E-state index contributed by atoms with van der Waals surface area (Å²) in [4.78, 5) is 16.7. The van der Waals surface area contributed by atoms with E-state index in [1.54, 1.807) is 40.5 Å². The van der Waals surface area contributed by atoms with Crippen LogP contribution in [0.15, 0.2) is 64.9 Å². The molecular weight excluding hydrogens is 515 g/mol. The third-order valence-corrected chi connectivity index (χ3v) is 9.61. The number of nitrogens with zero attached hydrogens (tertiary/aromatic N) is 2. The highest BCUT2D eigenvalue weighted by molar-refractivity contribution is 7.89. The monoisotopic (exact) mass is 544 g/mol. The summed E-state index contributed by atoms with van der Waals surface area (Å²) in [5.74, 6) is 0.530. The molecule has 3 aromatic rings. The van der Waals surface area contributed by atoms with Crippen LogP contribution in [-0.2, 0) is 21.2 Å². The predicted octanol–water partition coefficient (Wildman–Crippen LogP) is 4.50. The smallest absolute Gasteiger partial charge is 0.243 e. The number of methoxy groups -OCH3 is 1. The van der Waals surface area contributed by atoms with Gasteiger partial charge >= 0.3 is 0 Å². The number of benzene rings is 2. The maximum atomic E-state index is 13.7. The first-order chi connectivity index (χ1) is 17.8. The number of thiophene rings is 1. The SMILES string of the molecule is COc1ccc(S(=O)(=O)N(CC(=O)N2CCc3sccc3C2COc2cccc(F)c2)CC2CC2)cc1. The highest BCUT2D eigenvalue weighted by Crippen LogP contribution is 2.35. The van der Waals surface area contributed by atoms with Gasteiger partial charge in [0.1, 0.15) is 23.9 Å². The summed E-state index contributed by atoms with van der Waals surface area (Å²) in [7, 11) is -2.36. The number of hydrogen-bond donors (Lipinski definition) is 0. The van der Waals surface area contributed by atoms with Crippen molar-refractivity contribution >= 4 is 27.3 Å². The molecule has 1 fully saturated rings. The number of rotatable bonds is 10. The van der Waals surface area contributed by atoms with Gasteiger partial charge in [-0.1, -0.05) is 6.07 Å². The van der Waals surface area contributed by atoms with Crippen LogP contribution < -0.4 is 9.47 Å². The largest absolute Gasteiger partial charge is 0.497 e. The van der Waals surface area contributed by atoms with Gasteiger partial charge in [-0.15, -0.1) is 11.3 Å². The summed E-state index contributed by atoms with van der Waals surface area (Å²) in [5, 5.41) is 1.99. The maximum Gasteiger partial charge on any atom is 0.243 e. The molecule has 0 bridgehead atoms. The third kappa shape index (κ3) is 5.81. The highest BCUT2D eigenvalue weighted by Gasteiger charge is 2.37. The molecule has 7 nitrogen and oxygen atoms in total. The fraction of sp³-hybridized carbons (Fsp3) is 0.370. The Kier molecular flexibility index (Phi) is 7.50. The molecule has 1 aliphatic carbocycles. The first kappa shape index (κ1) is 25.7. The zero-order valence-electron chi connectivity index (χ0n) is 20.5. The maximum absolute atomic E-state index is 13.7. The van der Waals surface area contributed by atoms with Crippen molar-refractivity contribution in [3.8, 4) is 11.5 Å². The minimum Gasteiger partial charge on any atom is -0.497 e. The Morgan fingerprint density at radius 1 is 1.14 bits per heavy atom. The van der Waals surface area contributed by atoms with Crippen LogP contribution in [-0.4, -0.2) is 56.9 Å². The first-order valence-corrected chi connectivity index (χ1v) is 14.6. The fourth-order valence-electron chi connectivity index (χ4n) is 4.58. The molecule has 1 amide bonds. The van der Waals surface area contributed by atoms with Crippen molar-refractivity contribution in [1.29, 1.82) is 0 Å². The molecule has 1 saturated carbocycles. The Morgan fingerprint density at radius 2 is 1.92 bits per heavy atom. The molecule has 0 N–H and O–H groups in total. The second-order valence-electron chi connectivity index (χ2n) is 9.34. The molecule has 5 rings (SSSR count). The average Bonchev–Trinajstić information content (AvgIpc) is 3.59. The number of ether oxygens (including phenoxy) is 2. The summed E-state index contributed by atoms with van der Waals surface area (Å²) in [6.45, 7) is 0.666. The van der Waals surface area contributed by atoms with E-state index >= 15 is 0 Å². The molecule has 10 heteroatoms. The van der Waals surface area contributed by atoms with E-state index in [2.05, 4.69) is 0 Å². The van der Waals surface area contributed by atoms with Crippen molar-refractivity contribution in [3.05, 3.63) is 76.2 Å². The van der Waals surface area contributed by atoms with Crippen molar-refractivity contribution in [2.24, 2.45) is 5.92 Å². The quantitative estimate of drug-likeness (QED) is 0.376. The van der Waals surface area contributed by atoms with Crippen LogP contribution in [0.2, 0.25) is 0 Å². The molecular formula is C27H29FN2O5S2. The van der Waals surface area contributed by atoms with Crippen LogP contribution >= 0.6 is 11.3 Å². The molecule has 1 aromatic heterocycles. The van der Waals surface area contributed by atoms with E-state index in [0.29, 0.717) is 31.0 Å². The Morgan fingerprint density at radius 3 is 2.62 bits per heavy atom.